The smallest absolute Gasteiger partial charge is 0.259 e. The summed E-state index contributed by atoms with van der Waals surface area (Å²) in [6.45, 7) is 1.77. The molecule has 0 aliphatic heterocycles. The number of carbonyl (C=O) groups excluding carboxylic acids is 1. The van der Waals surface area contributed by atoms with Crippen molar-refractivity contribution in [3.8, 4) is 0 Å². The molecule has 0 radical (unpaired) electrons. The Morgan fingerprint density at radius 3 is 2.60 bits per heavy atom. The molecular formula is C16H12BrNO2. The van der Waals surface area contributed by atoms with Crippen molar-refractivity contribution in [1.82, 2.24) is 0 Å². The van der Waals surface area contributed by atoms with Crippen molar-refractivity contribution >= 4 is 38.3 Å². The Kier molecular flexibility index (Phi) is 3.32. The number of hydrogen-bond acceptors (Lipinski definition) is 2. The van der Waals surface area contributed by atoms with E-state index >= 15 is 0 Å². The fourth-order valence-electron chi connectivity index (χ4n) is 2.11. The number of halogens is 1. The average molecular weight is 330 g/mol. The standard InChI is InChI=1S/C16H12BrNO2/c1-10-15(6-7-20-10)16(19)18-14-5-3-11-8-13(17)4-2-12(11)9-14/h2-9H,1H3,(H,18,19). The van der Waals surface area contributed by atoms with Crippen molar-refractivity contribution < 1.29 is 9.21 Å². The van der Waals surface area contributed by atoms with Gasteiger partial charge in [0.05, 0.1) is 11.8 Å². The van der Waals surface area contributed by atoms with Crippen LogP contribution in [0.15, 0.2) is 57.6 Å². The first-order valence-corrected chi connectivity index (χ1v) is 6.97. The van der Waals surface area contributed by atoms with Crippen LogP contribution in [0, 0.1) is 6.92 Å². The van der Waals surface area contributed by atoms with E-state index in [-0.39, 0.29) is 5.91 Å². The molecular weight excluding hydrogens is 318 g/mol. The van der Waals surface area contributed by atoms with E-state index in [2.05, 4.69) is 21.2 Å². The molecule has 0 aliphatic carbocycles. The Bertz CT molecular complexity index is 792. The minimum absolute atomic E-state index is 0.160. The van der Waals surface area contributed by atoms with Crippen molar-refractivity contribution in [1.29, 1.82) is 0 Å². The van der Waals surface area contributed by atoms with E-state index < -0.39 is 0 Å². The van der Waals surface area contributed by atoms with Gasteiger partial charge in [-0.1, -0.05) is 28.1 Å². The molecule has 2 aromatic carbocycles. The van der Waals surface area contributed by atoms with Gasteiger partial charge in [0.2, 0.25) is 0 Å². The number of anilines is 1. The Balaban J connectivity index is 1.90. The van der Waals surface area contributed by atoms with Crippen molar-refractivity contribution in [2.24, 2.45) is 0 Å². The lowest BCUT2D eigenvalue weighted by atomic mass is 10.1. The molecule has 100 valence electrons. The van der Waals surface area contributed by atoms with E-state index in [1.165, 1.54) is 6.26 Å². The molecule has 0 aliphatic rings. The lowest BCUT2D eigenvalue weighted by Gasteiger charge is -2.06. The first-order valence-electron chi connectivity index (χ1n) is 6.18. The number of carbonyl (C=O) groups is 1. The van der Waals surface area contributed by atoms with Gasteiger partial charge in [-0.2, -0.15) is 0 Å². The second-order valence-electron chi connectivity index (χ2n) is 4.55. The summed E-state index contributed by atoms with van der Waals surface area (Å²) in [6.07, 6.45) is 1.52. The molecule has 0 bridgehead atoms. The van der Waals surface area contributed by atoms with Crippen LogP contribution in [0.2, 0.25) is 0 Å². The third kappa shape index (κ3) is 2.47. The molecule has 0 saturated heterocycles. The molecule has 0 atom stereocenters. The monoisotopic (exact) mass is 329 g/mol. The highest BCUT2D eigenvalue weighted by molar-refractivity contribution is 9.10. The molecule has 0 saturated carbocycles. The molecule has 1 aromatic heterocycles. The zero-order chi connectivity index (χ0) is 14.1. The number of hydrogen-bond donors (Lipinski definition) is 1. The highest BCUT2D eigenvalue weighted by Crippen LogP contribution is 2.23. The lowest BCUT2D eigenvalue weighted by molar-refractivity contribution is 0.102. The third-order valence-corrected chi connectivity index (χ3v) is 3.66. The van der Waals surface area contributed by atoms with Crippen LogP contribution in [0.1, 0.15) is 16.1 Å². The maximum atomic E-state index is 12.1. The number of furan rings is 1. The summed E-state index contributed by atoms with van der Waals surface area (Å²) in [6, 6.07) is 13.5. The topological polar surface area (TPSA) is 42.2 Å². The highest BCUT2D eigenvalue weighted by Gasteiger charge is 2.11. The van der Waals surface area contributed by atoms with Gasteiger partial charge in [0.15, 0.2) is 0 Å². The zero-order valence-electron chi connectivity index (χ0n) is 10.8. The maximum absolute atomic E-state index is 12.1. The van der Waals surface area contributed by atoms with Crippen molar-refractivity contribution in [3.63, 3.8) is 0 Å². The number of amides is 1. The van der Waals surface area contributed by atoms with Gasteiger partial charge in [0.1, 0.15) is 5.76 Å². The average Bonchev–Trinajstić information content (AvgIpc) is 2.85. The van der Waals surface area contributed by atoms with Crippen molar-refractivity contribution in [2.75, 3.05) is 5.32 Å². The molecule has 1 heterocycles. The number of fused-ring (bicyclic) bond motifs is 1. The summed E-state index contributed by atoms with van der Waals surface area (Å²) in [5.41, 5.74) is 1.33. The van der Waals surface area contributed by atoms with E-state index in [4.69, 9.17) is 4.42 Å². The number of rotatable bonds is 2. The van der Waals surface area contributed by atoms with Gasteiger partial charge in [-0.3, -0.25) is 4.79 Å². The Hall–Kier alpha value is -2.07. The number of nitrogens with one attached hydrogen (secondary N) is 1. The van der Waals surface area contributed by atoms with Crippen LogP contribution in [0.4, 0.5) is 5.69 Å². The summed E-state index contributed by atoms with van der Waals surface area (Å²) >= 11 is 3.45. The quantitative estimate of drug-likeness (QED) is 0.736. The fourth-order valence-corrected chi connectivity index (χ4v) is 2.49. The van der Waals surface area contributed by atoms with Crippen LogP contribution in [0.5, 0.6) is 0 Å². The van der Waals surface area contributed by atoms with Crippen molar-refractivity contribution in [3.05, 3.63) is 64.5 Å². The molecule has 0 unspecified atom stereocenters. The Morgan fingerprint density at radius 1 is 1.10 bits per heavy atom. The minimum Gasteiger partial charge on any atom is -0.469 e. The maximum Gasteiger partial charge on any atom is 0.259 e. The van der Waals surface area contributed by atoms with Gasteiger partial charge in [-0.05, 0) is 48.0 Å². The molecule has 20 heavy (non-hydrogen) atoms. The van der Waals surface area contributed by atoms with Crippen LogP contribution in [0.3, 0.4) is 0 Å². The molecule has 0 spiro atoms. The van der Waals surface area contributed by atoms with Crippen LogP contribution >= 0.6 is 15.9 Å². The minimum atomic E-state index is -0.160. The lowest BCUT2D eigenvalue weighted by Crippen LogP contribution is -2.11. The van der Waals surface area contributed by atoms with Gasteiger partial charge in [-0.15, -0.1) is 0 Å². The normalized spacial score (nSPS) is 10.7. The molecule has 0 fully saturated rings. The van der Waals surface area contributed by atoms with E-state index in [0.29, 0.717) is 11.3 Å². The van der Waals surface area contributed by atoms with Gasteiger partial charge < -0.3 is 9.73 Å². The Morgan fingerprint density at radius 2 is 1.85 bits per heavy atom. The summed E-state index contributed by atoms with van der Waals surface area (Å²) in [5, 5.41) is 5.08. The van der Waals surface area contributed by atoms with E-state index in [0.717, 1.165) is 20.9 Å². The molecule has 1 N–H and O–H groups in total. The first-order chi connectivity index (χ1) is 9.63. The third-order valence-electron chi connectivity index (χ3n) is 3.16. The summed E-state index contributed by atoms with van der Waals surface area (Å²) in [5.74, 6) is 0.458. The second-order valence-corrected chi connectivity index (χ2v) is 5.47. The van der Waals surface area contributed by atoms with Gasteiger partial charge in [0.25, 0.3) is 5.91 Å². The first kappa shape index (κ1) is 12.9. The van der Waals surface area contributed by atoms with E-state index in [1.54, 1.807) is 13.0 Å². The predicted octanol–water partition coefficient (Wildman–Crippen LogP) is 4.76. The Labute approximate surface area is 124 Å². The SMILES string of the molecule is Cc1occc1C(=O)Nc1ccc2cc(Br)ccc2c1. The summed E-state index contributed by atoms with van der Waals surface area (Å²) < 4.78 is 6.18. The van der Waals surface area contributed by atoms with Gasteiger partial charge in [-0.25, -0.2) is 0 Å². The largest absolute Gasteiger partial charge is 0.469 e. The molecule has 3 rings (SSSR count). The van der Waals surface area contributed by atoms with Gasteiger partial charge >= 0.3 is 0 Å². The van der Waals surface area contributed by atoms with Crippen molar-refractivity contribution in [2.45, 2.75) is 6.92 Å². The summed E-state index contributed by atoms with van der Waals surface area (Å²) in [7, 11) is 0. The number of aryl methyl sites for hydroxylation is 1. The van der Waals surface area contributed by atoms with E-state index in [1.807, 2.05) is 36.4 Å². The predicted molar refractivity (Wildman–Crippen MR) is 83.0 cm³/mol. The summed E-state index contributed by atoms with van der Waals surface area (Å²) in [4.78, 5) is 12.1. The zero-order valence-corrected chi connectivity index (χ0v) is 12.4. The van der Waals surface area contributed by atoms with Gasteiger partial charge in [0, 0.05) is 10.2 Å². The fraction of sp³-hybridized carbons (Fsp3) is 0.0625. The number of benzene rings is 2. The second kappa shape index (κ2) is 5.13. The molecule has 1 amide bonds. The van der Waals surface area contributed by atoms with Crippen LogP contribution in [-0.4, -0.2) is 5.91 Å². The van der Waals surface area contributed by atoms with Crippen LogP contribution < -0.4 is 5.32 Å². The van der Waals surface area contributed by atoms with Crippen LogP contribution in [-0.2, 0) is 0 Å². The molecule has 4 heteroatoms. The molecule has 3 aromatic rings. The molecule has 3 nitrogen and oxygen atoms in total. The van der Waals surface area contributed by atoms with Crippen LogP contribution in [0.25, 0.3) is 10.8 Å². The van der Waals surface area contributed by atoms with E-state index in [9.17, 15) is 4.79 Å². The highest BCUT2D eigenvalue weighted by atomic mass is 79.9.